The molecule has 1 fully saturated rings. The number of nitrogens with one attached hydrogen (secondary N) is 2. The molecule has 0 radical (unpaired) electrons. The molecule has 2 aromatic rings. The fourth-order valence-electron chi connectivity index (χ4n) is 2.47. The second-order valence-corrected chi connectivity index (χ2v) is 5.90. The average Bonchev–Trinajstić information content (AvgIpc) is 2.70. The van der Waals surface area contributed by atoms with Crippen LogP contribution in [0.3, 0.4) is 0 Å². The van der Waals surface area contributed by atoms with Crippen LogP contribution in [-0.2, 0) is 4.74 Å². The lowest BCUT2D eigenvalue weighted by atomic mass is 10.3. The van der Waals surface area contributed by atoms with E-state index < -0.39 is 0 Å². The third-order valence-corrected chi connectivity index (χ3v) is 3.89. The quantitative estimate of drug-likeness (QED) is 0.274. The van der Waals surface area contributed by atoms with E-state index in [4.69, 9.17) is 9.47 Å². The van der Waals surface area contributed by atoms with Crippen LogP contribution in [-0.4, -0.2) is 67.8 Å². The molecule has 1 aromatic carbocycles. The van der Waals surface area contributed by atoms with E-state index in [2.05, 4.69) is 30.7 Å². The van der Waals surface area contributed by atoms with E-state index in [0.29, 0.717) is 38.1 Å². The highest BCUT2D eigenvalue weighted by molar-refractivity contribution is 5.79. The van der Waals surface area contributed by atoms with E-state index in [9.17, 15) is 5.11 Å². The van der Waals surface area contributed by atoms with Gasteiger partial charge < -0.3 is 24.8 Å². The number of ether oxygens (including phenoxy) is 2. The number of aromatic hydroxyl groups is 1. The number of hydrazone groups is 1. The maximum atomic E-state index is 9.32. The minimum atomic E-state index is 0.207. The van der Waals surface area contributed by atoms with Crippen LogP contribution in [0.5, 0.6) is 11.8 Å². The number of phenols is 1. The largest absolute Gasteiger partial charge is 0.508 e. The lowest BCUT2D eigenvalue weighted by molar-refractivity contribution is 0.122. The molecule has 3 N–H and O–H groups in total. The van der Waals surface area contributed by atoms with Crippen molar-refractivity contribution >= 4 is 17.7 Å². The highest BCUT2D eigenvalue weighted by Gasteiger charge is 2.15. The molecule has 0 saturated carbocycles. The summed E-state index contributed by atoms with van der Waals surface area (Å²) in [6, 6.07) is 8.84. The van der Waals surface area contributed by atoms with E-state index in [-0.39, 0.29) is 5.75 Å². The van der Waals surface area contributed by atoms with Crippen LogP contribution < -0.4 is 20.4 Å². The number of rotatable bonds is 8. The Kier molecular flexibility index (Phi) is 6.78. The molecule has 0 bridgehead atoms. The van der Waals surface area contributed by atoms with Crippen LogP contribution in [0.1, 0.15) is 5.69 Å². The van der Waals surface area contributed by atoms with Crippen molar-refractivity contribution < 1.29 is 14.6 Å². The molecule has 0 atom stereocenters. The number of hydrogen-bond donors (Lipinski definition) is 3. The number of benzene rings is 1. The van der Waals surface area contributed by atoms with Crippen molar-refractivity contribution in [2.75, 3.05) is 56.8 Å². The second-order valence-electron chi connectivity index (χ2n) is 5.90. The van der Waals surface area contributed by atoms with Crippen LogP contribution in [0.4, 0.5) is 11.5 Å². The van der Waals surface area contributed by atoms with Crippen molar-refractivity contribution in [1.82, 2.24) is 15.3 Å². The lowest BCUT2D eigenvalue weighted by Gasteiger charge is -2.28. The standard InChI is InChI=1S/C18H24N6O3/c1-19-6-9-27-18-21-15(12-17(22-18)24-7-10-26-11-8-24)13-20-23-14-2-4-16(25)5-3-14/h2-5,12-13,19,23,25H,6-11H2,1H3/b20-13+. The van der Waals surface area contributed by atoms with Gasteiger partial charge in [0.15, 0.2) is 0 Å². The predicted molar refractivity (Wildman–Crippen MR) is 104 cm³/mol. The van der Waals surface area contributed by atoms with Gasteiger partial charge >= 0.3 is 6.01 Å². The third kappa shape index (κ3) is 5.80. The molecule has 1 aliphatic rings. The summed E-state index contributed by atoms with van der Waals surface area (Å²) in [5.74, 6) is 0.998. The molecule has 3 rings (SSSR count). The van der Waals surface area contributed by atoms with Gasteiger partial charge in [0.05, 0.1) is 30.8 Å². The van der Waals surface area contributed by atoms with Gasteiger partial charge in [-0.3, -0.25) is 5.43 Å². The molecule has 1 aliphatic heterocycles. The van der Waals surface area contributed by atoms with E-state index >= 15 is 0 Å². The molecular formula is C18H24N6O3. The Morgan fingerprint density at radius 2 is 2.04 bits per heavy atom. The van der Waals surface area contributed by atoms with Crippen LogP contribution in [0.2, 0.25) is 0 Å². The Hall–Kier alpha value is -2.91. The van der Waals surface area contributed by atoms with Crippen molar-refractivity contribution in [2.24, 2.45) is 5.10 Å². The fraction of sp³-hybridized carbons (Fsp3) is 0.389. The summed E-state index contributed by atoms with van der Waals surface area (Å²) in [4.78, 5) is 11.0. The number of anilines is 2. The number of phenolic OH excluding ortho intramolecular Hbond substituents is 1. The van der Waals surface area contributed by atoms with Crippen LogP contribution >= 0.6 is 0 Å². The van der Waals surface area contributed by atoms with E-state index in [1.807, 2.05) is 13.1 Å². The van der Waals surface area contributed by atoms with Gasteiger partial charge in [0.1, 0.15) is 18.2 Å². The summed E-state index contributed by atoms with van der Waals surface area (Å²) < 4.78 is 11.0. The minimum absolute atomic E-state index is 0.207. The monoisotopic (exact) mass is 372 g/mol. The summed E-state index contributed by atoms with van der Waals surface area (Å²) in [6.07, 6.45) is 1.61. The van der Waals surface area contributed by atoms with Crippen molar-refractivity contribution in [1.29, 1.82) is 0 Å². The summed E-state index contributed by atoms with van der Waals surface area (Å²) >= 11 is 0. The molecule has 9 nitrogen and oxygen atoms in total. The Bertz CT molecular complexity index is 747. The minimum Gasteiger partial charge on any atom is -0.508 e. The highest BCUT2D eigenvalue weighted by atomic mass is 16.5. The first kappa shape index (κ1) is 18.9. The molecule has 1 saturated heterocycles. The Morgan fingerprint density at radius 1 is 1.26 bits per heavy atom. The molecule has 0 spiro atoms. The summed E-state index contributed by atoms with van der Waals surface area (Å²) in [7, 11) is 1.86. The van der Waals surface area contributed by atoms with Gasteiger partial charge in [0.25, 0.3) is 0 Å². The molecule has 9 heteroatoms. The number of hydrogen-bond acceptors (Lipinski definition) is 9. The van der Waals surface area contributed by atoms with Crippen LogP contribution in [0.25, 0.3) is 0 Å². The zero-order valence-electron chi connectivity index (χ0n) is 15.3. The van der Waals surface area contributed by atoms with E-state index in [1.165, 1.54) is 0 Å². The average molecular weight is 372 g/mol. The number of nitrogens with zero attached hydrogens (tertiary/aromatic N) is 4. The summed E-state index contributed by atoms with van der Waals surface area (Å²) in [5.41, 5.74) is 4.30. The maximum absolute atomic E-state index is 9.32. The molecule has 2 heterocycles. The van der Waals surface area contributed by atoms with Crippen molar-refractivity contribution in [3.8, 4) is 11.8 Å². The maximum Gasteiger partial charge on any atom is 0.319 e. The molecular weight excluding hydrogens is 348 g/mol. The molecule has 0 unspecified atom stereocenters. The molecule has 0 amide bonds. The summed E-state index contributed by atoms with van der Waals surface area (Å²) in [6.45, 7) is 4.07. The Morgan fingerprint density at radius 3 is 2.78 bits per heavy atom. The zero-order valence-corrected chi connectivity index (χ0v) is 15.3. The van der Waals surface area contributed by atoms with Gasteiger partial charge in [-0.1, -0.05) is 0 Å². The second kappa shape index (κ2) is 9.70. The normalized spacial score (nSPS) is 14.5. The van der Waals surface area contributed by atoms with Gasteiger partial charge in [-0.2, -0.15) is 15.1 Å². The van der Waals surface area contributed by atoms with E-state index in [1.54, 1.807) is 30.5 Å². The summed E-state index contributed by atoms with van der Waals surface area (Å²) in [5, 5.41) is 16.6. The topological polar surface area (TPSA) is 104 Å². The molecule has 1 aromatic heterocycles. The first-order valence-electron chi connectivity index (χ1n) is 8.82. The molecule has 144 valence electrons. The van der Waals surface area contributed by atoms with Gasteiger partial charge in [-0.25, -0.2) is 0 Å². The zero-order chi connectivity index (χ0) is 18.9. The first-order valence-corrected chi connectivity index (χ1v) is 8.82. The molecule has 27 heavy (non-hydrogen) atoms. The van der Waals surface area contributed by atoms with E-state index in [0.717, 1.165) is 24.6 Å². The molecule has 0 aliphatic carbocycles. The Labute approximate surface area is 158 Å². The van der Waals surface area contributed by atoms with Crippen molar-refractivity contribution in [3.63, 3.8) is 0 Å². The van der Waals surface area contributed by atoms with Gasteiger partial charge in [-0.05, 0) is 31.3 Å². The Balaban J connectivity index is 1.73. The van der Waals surface area contributed by atoms with Crippen LogP contribution in [0, 0.1) is 0 Å². The fourth-order valence-corrected chi connectivity index (χ4v) is 2.47. The SMILES string of the molecule is CNCCOc1nc(/C=N/Nc2ccc(O)cc2)cc(N2CCOCC2)n1. The predicted octanol–water partition coefficient (Wildman–Crippen LogP) is 1.06. The van der Waals surface area contributed by atoms with Crippen molar-refractivity contribution in [2.45, 2.75) is 0 Å². The smallest absolute Gasteiger partial charge is 0.319 e. The highest BCUT2D eigenvalue weighted by Crippen LogP contribution is 2.17. The van der Waals surface area contributed by atoms with Crippen molar-refractivity contribution in [3.05, 3.63) is 36.0 Å². The van der Waals surface area contributed by atoms with Gasteiger partial charge in [-0.15, -0.1) is 0 Å². The number of morpholine rings is 1. The lowest BCUT2D eigenvalue weighted by Crippen LogP contribution is -2.37. The van der Waals surface area contributed by atoms with Crippen LogP contribution in [0.15, 0.2) is 35.4 Å². The number of likely N-dealkylation sites (N-methyl/N-ethyl adjacent to an activating group) is 1. The third-order valence-electron chi connectivity index (χ3n) is 3.89. The van der Waals surface area contributed by atoms with Gasteiger partial charge in [0, 0.05) is 25.7 Å². The number of aromatic nitrogens is 2. The first-order chi connectivity index (χ1) is 13.2. The van der Waals surface area contributed by atoms with Gasteiger partial charge in [0.2, 0.25) is 0 Å².